The summed E-state index contributed by atoms with van der Waals surface area (Å²) in [5, 5.41) is 3.72. The Bertz CT molecular complexity index is 440. The standard InChI is InChI=1S/C15H21N3O/c16-15(19)18-8-6-12(7-9-18)17-14-10-13(14)11-4-2-1-3-5-11/h1-5,12-14,17H,6-10H2,(H2,16,19). The Morgan fingerprint density at radius 2 is 1.89 bits per heavy atom. The van der Waals surface area contributed by atoms with Crippen molar-refractivity contribution in [3.05, 3.63) is 35.9 Å². The van der Waals surface area contributed by atoms with Crippen LogP contribution in [0.25, 0.3) is 0 Å². The molecule has 1 aromatic carbocycles. The van der Waals surface area contributed by atoms with Crippen molar-refractivity contribution in [3.8, 4) is 0 Å². The summed E-state index contributed by atoms with van der Waals surface area (Å²) in [6.07, 6.45) is 3.27. The number of hydrogen-bond acceptors (Lipinski definition) is 2. The smallest absolute Gasteiger partial charge is 0.314 e. The highest BCUT2D eigenvalue weighted by atomic mass is 16.2. The molecule has 19 heavy (non-hydrogen) atoms. The van der Waals surface area contributed by atoms with Gasteiger partial charge in [0.15, 0.2) is 0 Å². The second kappa shape index (κ2) is 5.21. The molecule has 3 rings (SSSR count). The van der Waals surface area contributed by atoms with Crippen LogP contribution in [0, 0.1) is 0 Å². The third-order valence-corrected chi connectivity index (χ3v) is 4.27. The summed E-state index contributed by atoms with van der Waals surface area (Å²) in [6, 6.07) is 11.6. The molecule has 4 nitrogen and oxygen atoms in total. The summed E-state index contributed by atoms with van der Waals surface area (Å²) in [4.78, 5) is 12.8. The number of nitrogens with zero attached hydrogens (tertiary/aromatic N) is 1. The van der Waals surface area contributed by atoms with E-state index in [1.807, 2.05) is 0 Å². The number of amides is 2. The fourth-order valence-electron chi connectivity index (χ4n) is 3.02. The lowest BCUT2D eigenvalue weighted by molar-refractivity contribution is 0.185. The predicted octanol–water partition coefficient (Wildman–Crippen LogP) is 1.68. The first-order valence-electron chi connectivity index (χ1n) is 7.09. The highest BCUT2D eigenvalue weighted by molar-refractivity contribution is 5.72. The average molecular weight is 259 g/mol. The SMILES string of the molecule is NC(=O)N1CCC(NC2CC2c2ccccc2)CC1. The molecule has 1 saturated carbocycles. The maximum atomic E-state index is 11.1. The molecule has 0 aromatic heterocycles. The van der Waals surface area contributed by atoms with E-state index in [4.69, 9.17) is 5.73 Å². The van der Waals surface area contributed by atoms with Gasteiger partial charge in [0.1, 0.15) is 0 Å². The minimum absolute atomic E-state index is 0.285. The molecule has 1 aliphatic carbocycles. The number of carbonyl (C=O) groups is 1. The van der Waals surface area contributed by atoms with Gasteiger partial charge in [-0.2, -0.15) is 0 Å². The normalized spacial score (nSPS) is 27.3. The van der Waals surface area contributed by atoms with Crippen LogP contribution in [0.4, 0.5) is 4.79 Å². The molecule has 1 heterocycles. The van der Waals surface area contributed by atoms with E-state index in [1.54, 1.807) is 4.90 Å². The van der Waals surface area contributed by atoms with Crippen molar-refractivity contribution in [1.82, 2.24) is 10.2 Å². The third-order valence-electron chi connectivity index (χ3n) is 4.27. The first-order valence-corrected chi connectivity index (χ1v) is 7.09. The first-order chi connectivity index (χ1) is 9.24. The van der Waals surface area contributed by atoms with Crippen molar-refractivity contribution in [2.45, 2.75) is 37.3 Å². The lowest BCUT2D eigenvalue weighted by Crippen LogP contribution is -2.47. The zero-order valence-corrected chi connectivity index (χ0v) is 11.1. The van der Waals surface area contributed by atoms with Crippen LogP contribution >= 0.6 is 0 Å². The summed E-state index contributed by atoms with van der Waals surface area (Å²) in [7, 11) is 0. The van der Waals surface area contributed by atoms with Crippen LogP contribution in [0.15, 0.2) is 30.3 Å². The van der Waals surface area contributed by atoms with Crippen LogP contribution in [0.5, 0.6) is 0 Å². The number of nitrogens with two attached hydrogens (primary N) is 1. The average Bonchev–Trinajstić information content (AvgIpc) is 3.20. The number of rotatable bonds is 3. The van der Waals surface area contributed by atoms with Gasteiger partial charge in [0, 0.05) is 31.1 Å². The molecule has 2 aliphatic rings. The summed E-state index contributed by atoms with van der Waals surface area (Å²) in [5.41, 5.74) is 6.73. The molecule has 3 N–H and O–H groups in total. The zero-order valence-electron chi connectivity index (χ0n) is 11.1. The van der Waals surface area contributed by atoms with Crippen molar-refractivity contribution in [2.24, 2.45) is 5.73 Å². The Balaban J connectivity index is 1.46. The molecule has 0 bridgehead atoms. The predicted molar refractivity (Wildman–Crippen MR) is 74.9 cm³/mol. The fourth-order valence-corrected chi connectivity index (χ4v) is 3.02. The van der Waals surface area contributed by atoms with Crippen molar-refractivity contribution in [1.29, 1.82) is 0 Å². The number of hydrogen-bond donors (Lipinski definition) is 2. The number of urea groups is 1. The zero-order chi connectivity index (χ0) is 13.2. The number of piperidine rings is 1. The molecule has 2 amide bonds. The molecule has 1 aromatic rings. The van der Waals surface area contributed by atoms with E-state index in [0.717, 1.165) is 25.9 Å². The molecule has 0 spiro atoms. The minimum atomic E-state index is -0.285. The quantitative estimate of drug-likeness (QED) is 0.867. The van der Waals surface area contributed by atoms with Crippen LogP contribution < -0.4 is 11.1 Å². The first kappa shape index (κ1) is 12.5. The van der Waals surface area contributed by atoms with E-state index >= 15 is 0 Å². The van der Waals surface area contributed by atoms with Crippen molar-refractivity contribution >= 4 is 6.03 Å². The van der Waals surface area contributed by atoms with Gasteiger partial charge in [0.25, 0.3) is 0 Å². The highest BCUT2D eigenvalue weighted by Gasteiger charge is 2.39. The van der Waals surface area contributed by atoms with Gasteiger partial charge in [-0.05, 0) is 24.8 Å². The van der Waals surface area contributed by atoms with Crippen LogP contribution in [-0.4, -0.2) is 36.1 Å². The monoisotopic (exact) mass is 259 g/mol. The molecule has 1 aliphatic heterocycles. The van der Waals surface area contributed by atoms with E-state index in [-0.39, 0.29) is 6.03 Å². The van der Waals surface area contributed by atoms with E-state index in [1.165, 1.54) is 12.0 Å². The Labute approximate surface area is 114 Å². The Morgan fingerprint density at radius 1 is 1.21 bits per heavy atom. The van der Waals surface area contributed by atoms with Crippen LogP contribution in [-0.2, 0) is 0 Å². The Hall–Kier alpha value is -1.55. The highest BCUT2D eigenvalue weighted by Crippen LogP contribution is 2.41. The number of primary amides is 1. The molecular formula is C15H21N3O. The minimum Gasteiger partial charge on any atom is -0.351 e. The Morgan fingerprint density at radius 3 is 2.53 bits per heavy atom. The number of benzene rings is 1. The van der Waals surface area contributed by atoms with E-state index < -0.39 is 0 Å². The number of nitrogens with one attached hydrogen (secondary N) is 1. The lowest BCUT2D eigenvalue weighted by Gasteiger charge is -2.31. The molecule has 4 heteroatoms. The van der Waals surface area contributed by atoms with Crippen molar-refractivity contribution in [3.63, 3.8) is 0 Å². The van der Waals surface area contributed by atoms with Gasteiger partial charge in [-0.1, -0.05) is 30.3 Å². The van der Waals surface area contributed by atoms with Gasteiger partial charge in [-0.3, -0.25) is 0 Å². The van der Waals surface area contributed by atoms with E-state index in [2.05, 4.69) is 35.6 Å². The van der Waals surface area contributed by atoms with Crippen molar-refractivity contribution < 1.29 is 4.79 Å². The van der Waals surface area contributed by atoms with Crippen LogP contribution in [0.3, 0.4) is 0 Å². The number of carbonyl (C=O) groups excluding carboxylic acids is 1. The largest absolute Gasteiger partial charge is 0.351 e. The molecule has 1 saturated heterocycles. The third kappa shape index (κ3) is 2.89. The van der Waals surface area contributed by atoms with Crippen LogP contribution in [0.1, 0.15) is 30.7 Å². The maximum Gasteiger partial charge on any atom is 0.314 e. The van der Waals surface area contributed by atoms with Crippen molar-refractivity contribution in [2.75, 3.05) is 13.1 Å². The number of likely N-dealkylation sites (tertiary alicyclic amines) is 1. The topological polar surface area (TPSA) is 58.4 Å². The molecule has 2 atom stereocenters. The van der Waals surface area contributed by atoms with E-state index in [0.29, 0.717) is 18.0 Å². The lowest BCUT2D eigenvalue weighted by atomic mass is 10.0. The second-order valence-corrected chi connectivity index (χ2v) is 5.63. The van der Waals surface area contributed by atoms with Gasteiger partial charge in [-0.15, -0.1) is 0 Å². The van der Waals surface area contributed by atoms with Gasteiger partial charge < -0.3 is 16.0 Å². The molecule has 2 fully saturated rings. The van der Waals surface area contributed by atoms with Gasteiger partial charge in [-0.25, -0.2) is 4.79 Å². The summed E-state index contributed by atoms with van der Waals surface area (Å²) in [6.45, 7) is 1.57. The second-order valence-electron chi connectivity index (χ2n) is 5.63. The molecule has 2 unspecified atom stereocenters. The maximum absolute atomic E-state index is 11.1. The van der Waals surface area contributed by atoms with E-state index in [9.17, 15) is 4.79 Å². The molecule has 102 valence electrons. The fraction of sp³-hybridized carbons (Fsp3) is 0.533. The molecule has 0 radical (unpaired) electrons. The van der Waals surface area contributed by atoms with Gasteiger partial charge in [0.05, 0.1) is 0 Å². The summed E-state index contributed by atoms with van der Waals surface area (Å²) >= 11 is 0. The summed E-state index contributed by atoms with van der Waals surface area (Å²) in [5.74, 6) is 0.676. The molecular weight excluding hydrogens is 238 g/mol. The Kier molecular flexibility index (Phi) is 3.42. The van der Waals surface area contributed by atoms with Gasteiger partial charge >= 0.3 is 6.03 Å². The van der Waals surface area contributed by atoms with Crippen LogP contribution in [0.2, 0.25) is 0 Å². The summed E-state index contributed by atoms with van der Waals surface area (Å²) < 4.78 is 0. The van der Waals surface area contributed by atoms with Gasteiger partial charge in [0.2, 0.25) is 0 Å².